The van der Waals surface area contributed by atoms with Crippen molar-refractivity contribution in [3.63, 3.8) is 0 Å². The van der Waals surface area contributed by atoms with Crippen molar-refractivity contribution in [2.75, 3.05) is 18.4 Å². The third-order valence-electron chi connectivity index (χ3n) is 6.30. The van der Waals surface area contributed by atoms with Crippen LogP contribution in [0.2, 0.25) is 5.02 Å². The molecule has 1 saturated heterocycles. The van der Waals surface area contributed by atoms with Crippen molar-refractivity contribution in [2.45, 2.75) is 25.8 Å². The lowest BCUT2D eigenvalue weighted by molar-refractivity contribution is 0.0535. The number of oxazole rings is 1. The van der Waals surface area contributed by atoms with Crippen LogP contribution >= 0.6 is 11.6 Å². The van der Waals surface area contributed by atoms with Gasteiger partial charge in [-0.15, -0.1) is 0 Å². The third kappa shape index (κ3) is 4.55. The zero-order chi connectivity index (χ0) is 24.5. The van der Waals surface area contributed by atoms with E-state index in [9.17, 15) is 9.18 Å². The first kappa shape index (κ1) is 23.2. The molecule has 1 amide bonds. The molecule has 35 heavy (non-hydrogen) atoms. The summed E-state index contributed by atoms with van der Waals surface area (Å²) in [5, 5.41) is 3.70. The number of likely N-dealkylation sites (tertiary alicyclic amines) is 1. The van der Waals surface area contributed by atoms with E-state index < -0.39 is 17.5 Å². The molecule has 0 aliphatic carbocycles. The fraction of sp³-hybridized carbons (Fsp3) is 0.280. The molecular formula is C25H22ClF2N5O2. The predicted molar refractivity (Wildman–Crippen MR) is 128 cm³/mol. The van der Waals surface area contributed by atoms with Gasteiger partial charge in [0.15, 0.2) is 11.4 Å². The first-order valence-electron chi connectivity index (χ1n) is 11.3. The topological polar surface area (TPSA) is 84.2 Å². The number of rotatable bonds is 5. The normalized spacial score (nSPS) is 18.1. The number of carbonyl (C=O) groups is 1. The summed E-state index contributed by atoms with van der Waals surface area (Å²) < 4.78 is 35.6. The van der Waals surface area contributed by atoms with Crippen LogP contribution < -0.4 is 5.32 Å². The van der Waals surface area contributed by atoms with Crippen molar-refractivity contribution in [3.8, 4) is 11.4 Å². The molecule has 0 radical (unpaired) electrons. The SMILES string of the molecule is CC1CCCN(C(=O)c2c(F)ccc(F)c2-c2ncccn2)C1CNc1nc2cc(Cl)ccc2o1. The first-order valence-corrected chi connectivity index (χ1v) is 11.7. The van der Waals surface area contributed by atoms with Crippen LogP contribution in [0.15, 0.2) is 53.2 Å². The van der Waals surface area contributed by atoms with Gasteiger partial charge < -0.3 is 14.6 Å². The monoisotopic (exact) mass is 497 g/mol. The zero-order valence-electron chi connectivity index (χ0n) is 18.8. The van der Waals surface area contributed by atoms with E-state index in [1.165, 1.54) is 12.4 Å². The Kier molecular flexibility index (Phi) is 6.34. The lowest BCUT2D eigenvalue weighted by Gasteiger charge is -2.40. The number of piperidine rings is 1. The average Bonchev–Trinajstić information content (AvgIpc) is 3.26. The number of nitrogens with one attached hydrogen (secondary N) is 1. The minimum Gasteiger partial charge on any atom is -0.424 e. The predicted octanol–water partition coefficient (Wildman–Crippen LogP) is 5.57. The second-order valence-electron chi connectivity index (χ2n) is 8.55. The van der Waals surface area contributed by atoms with Gasteiger partial charge in [-0.1, -0.05) is 18.5 Å². The molecule has 1 aliphatic heterocycles. The molecule has 2 unspecified atom stereocenters. The van der Waals surface area contributed by atoms with E-state index in [1.807, 2.05) is 6.92 Å². The Bertz CT molecular complexity index is 1380. The van der Waals surface area contributed by atoms with E-state index in [1.54, 1.807) is 29.2 Å². The minimum absolute atomic E-state index is 0.0438. The summed E-state index contributed by atoms with van der Waals surface area (Å²) in [6, 6.07) is 8.64. The fourth-order valence-electron chi connectivity index (χ4n) is 4.53. The zero-order valence-corrected chi connectivity index (χ0v) is 19.6. The number of benzene rings is 2. The number of amides is 1. The van der Waals surface area contributed by atoms with Crippen molar-refractivity contribution >= 4 is 34.6 Å². The van der Waals surface area contributed by atoms with Crippen molar-refractivity contribution < 1.29 is 18.0 Å². The molecule has 7 nitrogen and oxygen atoms in total. The number of hydrogen-bond acceptors (Lipinski definition) is 6. The van der Waals surface area contributed by atoms with Crippen LogP contribution in [0.1, 0.15) is 30.1 Å². The molecule has 3 heterocycles. The molecule has 1 fully saturated rings. The number of fused-ring (bicyclic) bond motifs is 1. The Morgan fingerprint density at radius 2 is 1.97 bits per heavy atom. The van der Waals surface area contributed by atoms with Gasteiger partial charge >= 0.3 is 0 Å². The maximum absolute atomic E-state index is 15.0. The van der Waals surface area contributed by atoms with Crippen LogP contribution in [0.4, 0.5) is 14.8 Å². The lowest BCUT2D eigenvalue weighted by atomic mass is 9.89. The molecule has 0 saturated carbocycles. The molecule has 180 valence electrons. The molecule has 2 atom stereocenters. The molecule has 0 spiro atoms. The fourth-order valence-corrected chi connectivity index (χ4v) is 4.70. The summed E-state index contributed by atoms with van der Waals surface area (Å²) in [6.45, 7) is 2.76. The van der Waals surface area contributed by atoms with Crippen LogP contribution in [-0.2, 0) is 0 Å². The highest BCUT2D eigenvalue weighted by Crippen LogP contribution is 2.31. The number of anilines is 1. The Labute approximate surface area is 205 Å². The Hall–Kier alpha value is -3.59. The summed E-state index contributed by atoms with van der Waals surface area (Å²) in [7, 11) is 0. The van der Waals surface area contributed by atoms with Gasteiger partial charge in [-0.2, -0.15) is 4.98 Å². The number of halogens is 3. The van der Waals surface area contributed by atoms with Gasteiger partial charge in [0.2, 0.25) is 0 Å². The second kappa shape index (κ2) is 9.58. The molecule has 1 N–H and O–H groups in total. The van der Waals surface area contributed by atoms with E-state index in [4.69, 9.17) is 16.0 Å². The van der Waals surface area contributed by atoms with Gasteiger partial charge in [-0.25, -0.2) is 18.7 Å². The van der Waals surface area contributed by atoms with E-state index in [2.05, 4.69) is 20.3 Å². The van der Waals surface area contributed by atoms with Crippen LogP contribution in [0.3, 0.4) is 0 Å². The number of aromatic nitrogens is 3. The Morgan fingerprint density at radius 3 is 2.77 bits per heavy atom. The van der Waals surface area contributed by atoms with Crippen LogP contribution in [-0.4, -0.2) is 44.9 Å². The van der Waals surface area contributed by atoms with Gasteiger partial charge in [-0.3, -0.25) is 4.79 Å². The molecule has 2 aromatic carbocycles. The van der Waals surface area contributed by atoms with Crippen molar-refractivity contribution in [1.82, 2.24) is 19.9 Å². The van der Waals surface area contributed by atoms with E-state index in [0.29, 0.717) is 35.2 Å². The smallest absolute Gasteiger partial charge is 0.295 e. The summed E-state index contributed by atoms with van der Waals surface area (Å²) >= 11 is 6.03. The summed E-state index contributed by atoms with van der Waals surface area (Å²) in [4.78, 5) is 27.8. The van der Waals surface area contributed by atoms with Gasteiger partial charge in [0.05, 0.1) is 17.2 Å². The largest absolute Gasteiger partial charge is 0.424 e. The molecular weight excluding hydrogens is 476 g/mol. The molecule has 0 bridgehead atoms. The van der Waals surface area contributed by atoms with Gasteiger partial charge in [0, 0.05) is 30.5 Å². The molecule has 10 heteroatoms. The highest BCUT2D eigenvalue weighted by atomic mass is 35.5. The van der Waals surface area contributed by atoms with Crippen molar-refractivity contribution in [1.29, 1.82) is 0 Å². The highest BCUT2D eigenvalue weighted by Gasteiger charge is 2.35. The van der Waals surface area contributed by atoms with Gasteiger partial charge in [0.25, 0.3) is 11.9 Å². The number of hydrogen-bond donors (Lipinski definition) is 1. The summed E-state index contributed by atoms with van der Waals surface area (Å²) in [5.41, 5.74) is 0.581. The minimum atomic E-state index is -0.820. The maximum Gasteiger partial charge on any atom is 0.295 e. The van der Waals surface area contributed by atoms with E-state index in [-0.39, 0.29) is 28.9 Å². The highest BCUT2D eigenvalue weighted by molar-refractivity contribution is 6.31. The Balaban J connectivity index is 1.45. The summed E-state index contributed by atoms with van der Waals surface area (Å²) in [5.74, 6) is -2.12. The standard InChI is InChI=1S/C25H22ClF2N5O2/c1-14-4-2-11-33(19(14)13-31-25-32-18-12-15(26)5-8-20(18)35-25)24(34)22-17(28)7-6-16(27)21(22)23-29-9-3-10-30-23/h3,5-10,12,14,19H,2,4,11,13H2,1H3,(H,31,32). The Morgan fingerprint density at radius 1 is 1.20 bits per heavy atom. The quantitative estimate of drug-likeness (QED) is 0.388. The first-order chi connectivity index (χ1) is 16.9. The number of carbonyl (C=O) groups excluding carboxylic acids is 1. The van der Waals surface area contributed by atoms with Crippen LogP contribution in [0.25, 0.3) is 22.5 Å². The molecule has 1 aliphatic rings. The average molecular weight is 498 g/mol. The van der Waals surface area contributed by atoms with Crippen LogP contribution in [0.5, 0.6) is 0 Å². The summed E-state index contributed by atoms with van der Waals surface area (Å²) in [6.07, 6.45) is 4.48. The third-order valence-corrected chi connectivity index (χ3v) is 6.53. The maximum atomic E-state index is 15.0. The molecule has 4 aromatic rings. The lowest BCUT2D eigenvalue weighted by Crippen LogP contribution is -2.51. The van der Waals surface area contributed by atoms with E-state index >= 15 is 4.39 Å². The molecule has 2 aromatic heterocycles. The second-order valence-corrected chi connectivity index (χ2v) is 8.99. The number of nitrogens with zero attached hydrogens (tertiary/aromatic N) is 4. The van der Waals surface area contributed by atoms with E-state index in [0.717, 1.165) is 25.0 Å². The van der Waals surface area contributed by atoms with Crippen molar-refractivity contribution in [3.05, 3.63) is 71.0 Å². The van der Waals surface area contributed by atoms with Crippen molar-refractivity contribution in [2.24, 2.45) is 5.92 Å². The van der Waals surface area contributed by atoms with Crippen LogP contribution in [0, 0.1) is 17.6 Å². The van der Waals surface area contributed by atoms with Gasteiger partial charge in [0.1, 0.15) is 17.2 Å². The molecule has 5 rings (SSSR count). The van der Waals surface area contributed by atoms with Gasteiger partial charge in [-0.05, 0) is 55.2 Å².